The summed E-state index contributed by atoms with van der Waals surface area (Å²) < 4.78 is 5.04. The highest BCUT2D eigenvalue weighted by atomic mass is 16.5. The molecular weight excluding hydrogens is 314 g/mol. The van der Waals surface area contributed by atoms with Crippen LogP contribution >= 0.6 is 0 Å². The van der Waals surface area contributed by atoms with E-state index in [9.17, 15) is 19.2 Å². The molecule has 2 rings (SSSR count). The van der Waals surface area contributed by atoms with Gasteiger partial charge >= 0.3 is 12.0 Å². The van der Waals surface area contributed by atoms with E-state index in [2.05, 4.69) is 16.0 Å². The van der Waals surface area contributed by atoms with Crippen LogP contribution in [0.3, 0.4) is 0 Å². The predicted octanol–water partition coefficient (Wildman–Crippen LogP) is 1.18. The summed E-state index contributed by atoms with van der Waals surface area (Å²) >= 11 is 0. The van der Waals surface area contributed by atoms with Crippen LogP contribution in [-0.4, -0.2) is 36.0 Å². The van der Waals surface area contributed by atoms with Crippen LogP contribution in [0.4, 0.5) is 10.5 Å². The lowest BCUT2D eigenvalue weighted by atomic mass is 10.2. The van der Waals surface area contributed by atoms with Gasteiger partial charge in [0.15, 0.2) is 6.10 Å². The number of urea groups is 1. The summed E-state index contributed by atoms with van der Waals surface area (Å²) in [6.07, 6.45) is 0.667. The Labute approximate surface area is 138 Å². The molecule has 0 spiro atoms. The largest absolute Gasteiger partial charge is 0.449 e. The van der Waals surface area contributed by atoms with Gasteiger partial charge in [0.25, 0.3) is 5.91 Å². The highest BCUT2D eigenvalue weighted by Gasteiger charge is 2.26. The molecule has 1 saturated carbocycles. The summed E-state index contributed by atoms with van der Waals surface area (Å²) in [5.41, 5.74) is 0.626. The Bertz CT molecular complexity index is 669. The van der Waals surface area contributed by atoms with Crippen molar-refractivity contribution in [2.45, 2.75) is 38.8 Å². The summed E-state index contributed by atoms with van der Waals surface area (Å²) in [6, 6.07) is 5.66. The van der Waals surface area contributed by atoms with Gasteiger partial charge in [-0.1, -0.05) is 6.07 Å². The molecule has 1 aromatic carbocycles. The lowest BCUT2D eigenvalue weighted by molar-refractivity contribution is -0.127. The molecule has 1 aliphatic rings. The average molecular weight is 333 g/mol. The van der Waals surface area contributed by atoms with Gasteiger partial charge in [0, 0.05) is 18.7 Å². The summed E-state index contributed by atoms with van der Waals surface area (Å²) in [5.74, 6) is -1.71. The van der Waals surface area contributed by atoms with Crippen LogP contribution in [-0.2, 0) is 14.3 Å². The number of hydrogen-bond donors (Lipinski definition) is 3. The van der Waals surface area contributed by atoms with Crippen LogP contribution in [0.15, 0.2) is 24.3 Å². The molecule has 1 atom stereocenters. The summed E-state index contributed by atoms with van der Waals surface area (Å²) in [7, 11) is 0. The van der Waals surface area contributed by atoms with E-state index in [-0.39, 0.29) is 17.5 Å². The van der Waals surface area contributed by atoms with Crippen molar-refractivity contribution >= 4 is 29.5 Å². The minimum absolute atomic E-state index is 0.118. The second-order valence-electron chi connectivity index (χ2n) is 5.55. The maximum atomic E-state index is 12.1. The predicted molar refractivity (Wildman–Crippen MR) is 85.3 cm³/mol. The molecule has 24 heavy (non-hydrogen) atoms. The first kappa shape index (κ1) is 17.5. The van der Waals surface area contributed by atoms with Gasteiger partial charge in [0.05, 0.1) is 5.56 Å². The zero-order valence-electron chi connectivity index (χ0n) is 13.4. The maximum Gasteiger partial charge on any atom is 0.338 e. The van der Waals surface area contributed by atoms with Gasteiger partial charge in [-0.3, -0.25) is 14.9 Å². The number of esters is 1. The summed E-state index contributed by atoms with van der Waals surface area (Å²) in [6.45, 7) is 2.72. The molecule has 4 amide bonds. The van der Waals surface area contributed by atoms with Crippen molar-refractivity contribution in [2.24, 2.45) is 0 Å². The van der Waals surface area contributed by atoms with E-state index in [1.807, 2.05) is 0 Å². The summed E-state index contributed by atoms with van der Waals surface area (Å²) in [5, 5.41) is 7.27. The van der Waals surface area contributed by atoms with Crippen LogP contribution in [0.1, 0.15) is 37.0 Å². The normalized spacial score (nSPS) is 14.2. The first-order chi connectivity index (χ1) is 11.3. The standard InChI is InChI=1S/C16H19N3O5/c1-9(14(21)19-16(23)18-12-6-7-12)24-15(22)11-4-3-5-13(8-11)17-10(2)20/h3-5,8-9,12H,6-7H2,1-2H3,(H,17,20)(H2,18,19,21,23)/t9-/m0/s1. The number of ether oxygens (including phenoxy) is 1. The maximum absolute atomic E-state index is 12.1. The topological polar surface area (TPSA) is 114 Å². The minimum atomic E-state index is -1.13. The molecule has 0 bridgehead atoms. The highest BCUT2D eigenvalue weighted by molar-refractivity contribution is 5.99. The fraction of sp³-hybridized carbons (Fsp3) is 0.375. The second-order valence-corrected chi connectivity index (χ2v) is 5.55. The van der Waals surface area contributed by atoms with Gasteiger partial charge < -0.3 is 15.4 Å². The van der Waals surface area contributed by atoms with Crippen LogP contribution < -0.4 is 16.0 Å². The Morgan fingerprint density at radius 1 is 1.21 bits per heavy atom. The molecule has 3 N–H and O–H groups in total. The molecule has 0 aromatic heterocycles. The van der Waals surface area contributed by atoms with Gasteiger partial charge in [-0.25, -0.2) is 9.59 Å². The van der Waals surface area contributed by atoms with E-state index >= 15 is 0 Å². The number of hydrogen-bond acceptors (Lipinski definition) is 5. The van der Waals surface area contributed by atoms with Crippen molar-refractivity contribution in [2.75, 3.05) is 5.32 Å². The molecule has 1 aliphatic carbocycles. The molecule has 0 aliphatic heterocycles. The number of imide groups is 1. The molecule has 0 unspecified atom stereocenters. The van der Waals surface area contributed by atoms with Crippen LogP contribution in [0.2, 0.25) is 0 Å². The fourth-order valence-corrected chi connectivity index (χ4v) is 1.87. The van der Waals surface area contributed by atoms with Crippen LogP contribution in [0, 0.1) is 0 Å². The molecular formula is C16H19N3O5. The smallest absolute Gasteiger partial charge is 0.338 e. The van der Waals surface area contributed by atoms with Crippen molar-refractivity contribution in [3.05, 3.63) is 29.8 Å². The molecule has 8 nitrogen and oxygen atoms in total. The molecule has 1 aromatic rings. The van der Waals surface area contributed by atoms with E-state index in [4.69, 9.17) is 4.74 Å². The molecule has 0 saturated heterocycles. The van der Waals surface area contributed by atoms with Gasteiger partial charge in [-0.15, -0.1) is 0 Å². The van der Waals surface area contributed by atoms with Gasteiger partial charge in [-0.05, 0) is 38.0 Å². The molecule has 0 heterocycles. The SMILES string of the molecule is CC(=O)Nc1cccc(C(=O)O[C@@H](C)C(=O)NC(=O)NC2CC2)c1. The number of amides is 4. The average Bonchev–Trinajstić information content (AvgIpc) is 3.30. The third-order valence-electron chi connectivity index (χ3n) is 3.22. The van der Waals surface area contributed by atoms with Crippen molar-refractivity contribution in [3.8, 4) is 0 Å². The third-order valence-corrected chi connectivity index (χ3v) is 3.22. The van der Waals surface area contributed by atoms with Crippen molar-refractivity contribution in [3.63, 3.8) is 0 Å². The molecule has 0 radical (unpaired) electrons. The van der Waals surface area contributed by atoms with Crippen molar-refractivity contribution in [1.29, 1.82) is 0 Å². The van der Waals surface area contributed by atoms with Crippen LogP contribution in [0.5, 0.6) is 0 Å². The number of carbonyl (C=O) groups is 4. The number of nitrogens with one attached hydrogen (secondary N) is 3. The molecule has 8 heteroatoms. The first-order valence-electron chi connectivity index (χ1n) is 7.55. The lowest BCUT2D eigenvalue weighted by Gasteiger charge is -2.13. The lowest BCUT2D eigenvalue weighted by Crippen LogP contribution is -2.45. The van der Waals surface area contributed by atoms with Gasteiger partial charge in [0.1, 0.15) is 0 Å². The second kappa shape index (κ2) is 7.58. The number of anilines is 1. The van der Waals surface area contributed by atoms with Gasteiger partial charge in [-0.2, -0.15) is 0 Å². The highest BCUT2D eigenvalue weighted by Crippen LogP contribution is 2.18. The van der Waals surface area contributed by atoms with Gasteiger partial charge in [0.2, 0.25) is 5.91 Å². The van der Waals surface area contributed by atoms with E-state index in [0.29, 0.717) is 5.69 Å². The Morgan fingerprint density at radius 2 is 1.92 bits per heavy atom. The quantitative estimate of drug-likeness (QED) is 0.700. The monoisotopic (exact) mass is 333 g/mol. The number of rotatable bonds is 5. The Morgan fingerprint density at radius 3 is 2.54 bits per heavy atom. The third kappa shape index (κ3) is 5.38. The van der Waals surface area contributed by atoms with E-state index in [1.54, 1.807) is 12.1 Å². The first-order valence-corrected chi connectivity index (χ1v) is 7.55. The zero-order valence-corrected chi connectivity index (χ0v) is 13.4. The molecule has 1 fully saturated rings. The zero-order chi connectivity index (χ0) is 17.7. The fourth-order valence-electron chi connectivity index (χ4n) is 1.87. The Kier molecular flexibility index (Phi) is 5.51. The van der Waals surface area contributed by atoms with E-state index < -0.39 is 24.0 Å². The van der Waals surface area contributed by atoms with Crippen molar-refractivity contribution < 1.29 is 23.9 Å². The molecule has 128 valence electrons. The minimum Gasteiger partial charge on any atom is -0.449 e. The van der Waals surface area contributed by atoms with E-state index in [0.717, 1.165) is 12.8 Å². The number of carbonyl (C=O) groups excluding carboxylic acids is 4. The Balaban J connectivity index is 1.89. The number of benzene rings is 1. The van der Waals surface area contributed by atoms with Crippen LogP contribution in [0.25, 0.3) is 0 Å². The van der Waals surface area contributed by atoms with E-state index in [1.165, 1.54) is 26.0 Å². The summed E-state index contributed by atoms with van der Waals surface area (Å²) in [4.78, 5) is 46.4. The Hall–Kier alpha value is -2.90. The van der Waals surface area contributed by atoms with Crippen molar-refractivity contribution in [1.82, 2.24) is 10.6 Å².